The summed E-state index contributed by atoms with van der Waals surface area (Å²) in [6.45, 7) is 4.31. The van der Waals surface area contributed by atoms with E-state index in [1.807, 2.05) is 44.3 Å². The summed E-state index contributed by atoms with van der Waals surface area (Å²) in [5.41, 5.74) is 1.91. The second-order valence-electron chi connectivity index (χ2n) is 10.5. The molecule has 4 aromatic rings. The van der Waals surface area contributed by atoms with Gasteiger partial charge in [0.25, 0.3) is 0 Å². The second-order valence-corrected chi connectivity index (χ2v) is 11.3. The number of aromatic nitrogens is 1. The number of para-hydroxylation sites is 1. The summed E-state index contributed by atoms with van der Waals surface area (Å²) < 4.78 is 39.6. The maximum Gasteiger partial charge on any atom is 0.416 e. The maximum absolute atomic E-state index is 13.7. The summed E-state index contributed by atoms with van der Waals surface area (Å²) in [6.07, 6.45) is -2.08. The molecule has 0 radical (unpaired) electrons. The summed E-state index contributed by atoms with van der Waals surface area (Å²) >= 11 is 12.3. The molecule has 0 unspecified atom stereocenters. The number of carbonyl (C=O) groups is 2. The molecular weight excluding hydrogens is 588 g/mol. The molecule has 2 N–H and O–H groups in total. The highest BCUT2D eigenvalue weighted by atomic mass is 35.5. The van der Waals surface area contributed by atoms with Crippen LogP contribution < -0.4 is 5.32 Å². The van der Waals surface area contributed by atoms with E-state index in [0.717, 1.165) is 34.2 Å². The first-order valence-corrected chi connectivity index (χ1v) is 14.2. The maximum atomic E-state index is 13.7. The van der Waals surface area contributed by atoms with Crippen LogP contribution in [0.15, 0.2) is 72.9 Å². The number of halogens is 5. The van der Waals surface area contributed by atoms with E-state index in [0.29, 0.717) is 23.0 Å². The van der Waals surface area contributed by atoms with Crippen molar-refractivity contribution < 1.29 is 22.8 Å². The van der Waals surface area contributed by atoms with E-state index in [9.17, 15) is 22.8 Å². The lowest BCUT2D eigenvalue weighted by molar-refractivity contribution is -0.137. The number of urea groups is 1. The molecule has 1 aromatic heterocycles. The van der Waals surface area contributed by atoms with Gasteiger partial charge in [0, 0.05) is 42.4 Å². The van der Waals surface area contributed by atoms with Crippen LogP contribution in [0.4, 0.5) is 23.7 Å². The van der Waals surface area contributed by atoms with Gasteiger partial charge in [0.1, 0.15) is 6.54 Å². The fourth-order valence-corrected chi connectivity index (χ4v) is 4.96. The Labute approximate surface area is 252 Å². The predicted octanol–water partition coefficient (Wildman–Crippen LogP) is 8.25. The van der Waals surface area contributed by atoms with Gasteiger partial charge in [-0.25, -0.2) is 4.79 Å². The fraction of sp³-hybridized carbons (Fsp3) is 0.290. The van der Waals surface area contributed by atoms with Crippen molar-refractivity contribution in [3.05, 3.63) is 99.7 Å². The molecule has 222 valence electrons. The van der Waals surface area contributed by atoms with E-state index in [1.165, 1.54) is 17.0 Å². The van der Waals surface area contributed by atoms with Gasteiger partial charge in [-0.15, -0.1) is 0 Å². The molecule has 3 aromatic carbocycles. The van der Waals surface area contributed by atoms with Crippen LogP contribution in [0.5, 0.6) is 0 Å². The van der Waals surface area contributed by atoms with Crippen LogP contribution in [0.1, 0.15) is 30.5 Å². The molecule has 3 amide bonds. The number of carbonyl (C=O) groups excluding carboxylic acids is 2. The molecule has 0 saturated carbocycles. The van der Waals surface area contributed by atoms with Crippen molar-refractivity contribution in [3.8, 4) is 0 Å². The number of hydrogen-bond acceptors (Lipinski definition) is 2. The van der Waals surface area contributed by atoms with Crippen molar-refractivity contribution >= 4 is 51.7 Å². The number of anilines is 1. The van der Waals surface area contributed by atoms with Gasteiger partial charge in [-0.2, -0.15) is 13.2 Å². The minimum atomic E-state index is -4.55. The Bertz CT molecular complexity index is 1550. The van der Waals surface area contributed by atoms with Crippen molar-refractivity contribution in [2.24, 2.45) is 5.92 Å². The van der Waals surface area contributed by atoms with Crippen LogP contribution in [0.3, 0.4) is 0 Å². The lowest BCUT2D eigenvalue weighted by Crippen LogP contribution is -2.46. The largest absolute Gasteiger partial charge is 0.416 e. The van der Waals surface area contributed by atoms with Gasteiger partial charge in [-0.1, -0.05) is 67.4 Å². The quantitative estimate of drug-likeness (QED) is 0.188. The molecule has 0 atom stereocenters. The molecule has 4 rings (SSSR count). The summed E-state index contributed by atoms with van der Waals surface area (Å²) in [6, 6.07) is 16.7. The number of fused-ring (bicyclic) bond motifs is 1. The van der Waals surface area contributed by atoms with Crippen LogP contribution >= 0.6 is 23.2 Å². The van der Waals surface area contributed by atoms with E-state index < -0.39 is 17.8 Å². The number of alkyl halides is 3. The number of amides is 3. The van der Waals surface area contributed by atoms with Crippen molar-refractivity contribution in [1.82, 2.24) is 14.8 Å². The molecule has 0 bridgehead atoms. The molecule has 0 aliphatic heterocycles. The number of H-pyrrole nitrogens is 1. The van der Waals surface area contributed by atoms with Gasteiger partial charge in [-0.05, 0) is 59.9 Å². The zero-order valence-corrected chi connectivity index (χ0v) is 24.7. The molecule has 11 heteroatoms. The van der Waals surface area contributed by atoms with Gasteiger partial charge in [0.2, 0.25) is 5.91 Å². The Balaban J connectivity index is 1.54. The normalized spacial score (nSPS) is 11.6. The minimum Gasteiger partial charge on any atom is -0.361 e. The highest BCUT2D eigenvalue weighted by Crippen LogP contribution is 2.31. The molecule has 0 fully saturated rings. The number of aromatic amines is 1. The third kappa shape index (κ3) is 8.20. The molecule has 6 nitrogen and oxygen atoms in total. The SMILES string of the molecule is CC(C)CN(CC(=O)N(CCc1c[nH]c2ccccc12)Cc1ccc(Cl)c(Cl)c1)C(=O)Nc1cccc(C(F)(F)F)c1. The van der Waals surface area contributed by atoms with Gasteiger partial charge in [0.15, 0.2) is 0 Å². The Morgan fingerprint density at radius 2 is 1.71 bits per heavy atom. The molecular formula is C31H31Cl2F3N4O2. The molecule has 0 saturated heterocycles. The summed E-state index contributed by atoms with van der Waals surface area (Å²) in [5, 5.41) is 4.33. The first-order valence-electron chi connectivity index (χ1n) is 13.4. The van der Waals surface area contributed by atoms with Crippen LogP contribution in [0.2, 0.25) is 10.0 Å². The van der Waals surface area contributed by atoms with E-state index in [4.69, 9.17) is 23.2 Å². The van der Waals surface area contributed by atoms with Crippen LogP contribution in [-0.4, -0.2) is 46.4 Å². The van der Waals surface area contributed by atoms with Gasteiger partial charge in [0.05, 0.1) is 15.6 Å². The topological polar surface area (TPSA) is 68.4 Å². The average Bonchev–Trinajstić information content (AvgIpc) is 3.35. The minimum absolute atomic E-state index is 0.000184. The summed E-state index contributed by atoms with van der Waals surface area (Å²) in [4.78, 5) is 33.2. The second kappa shape index (κ2) is 13.5. The summed E-state index contributed by atoms with van der Waals surface area (Å²) in [5.74, 6) is -0.319. The molecule has 0 aliphatic carbocycles. The lowest BCUT2D eigenvalue weighted by atomic mass is 10.1. The zero-order valence-electron chi connectivity index (χ0n) is 23.1. The highest BCUT2D eigenvalue weighted by Gasteiger charge is 2.31. The average molecular weight is 620 g/mol. The number of rotatable bonds is 10. The molecule has 42 heavy (non-hydrogen) atoms. The standard InChI is InChI=1S/C31H31Cl2F3N4O2/c1-20(2)17-40(30(42)38-24-7-5-6-23(15-24)31(34,35)36)19-29(41)39(18-21-10-11-26(32)27(33)14-21)13-12-22-16-37-28-9-4-3-8-25(22)28/h3-11,14-16,20,37H,12-13,17-19H2,1-2H3,(H,38,42). The van der Waals surface area contributed by atoms with Crippen molar-refractivity contribution in [1.29, 1.82) is 0 Å². The smallest absolute Gasteiger partial charge is 0.361 e. The van der Waals surface area contributed by atoms with Gasteiger partial charge < -0.3 is 20.1 Å². The van der Waals surface area contributed by atoms with Crippen LogP contribution in [0, 0.1) is 5.92 Å². The highest BCUT2D eigenvalue weighted by molar-refractivity contribution is 6.42. The zero-order chi connectivity index (χ0) is 30.4. The predicted molar refractivity (Wildman–Crippen MR) is 161 cm³/mol. The lowest BCUT2D eigenvalue weighted by Gasteiger charge is -2.29. The van der Waals surface area contributed by atoms with E-state index >= 15 is 0 Å². The van der Waals surface area contributed by atoms with Crippen LogP contribution in [-0.2, 0) is 23.9 Å². The molecule has 1 heterocycles. The van der Waals surface area contributed by atoms with Gasteiger partial charge >= 0.3 is 12.2 Å². The van der Waals surface area contributed by atoms with E-state index in [2.05, 4.69) is 10.3 Å². The first-order chi connectivity index (χ1) is 19.9. The molecule has 0 aliphatic rings. The number of benzene rings is 3. The first kappa shape index (κ1) is 31.3. The van der Waals surface area contributed by atoms with Crippen molar-refractivity contribution in [2.75, 3.05) is 25.0 Å². The molecule has 0 spiro atoms. The van der Waals surface area contributed by atoms with Crippen molar-refractivity contribution in [3.63, 3.8) is 0 Å². The Morgan fingerprint density at radius 3 is 2.43 bits per heavy atom. The number of hydrogen-bond donors (Lipinski definition) is 2. The monoisotopic (exact) mass is 618 g/mol. The Hall–Kier alpha value is -3.69. The third-order valence-corrected chi connectivity index (χ3v) is 7.42. The van der Waals surface area contributed by atoms with E-state index in [1.54, 1.807) is 23.1 Å². The van der Waals surface area contributed by atoms with E-state index in [-0.39, 0.29) is 37.1 Å². The number of nitrogens with one attached hydrogen (secondary N) is 2. The number of nitrogens with zero attached hydrogens (tertiary/aromatic N) is 2. The summed E-state index contributed by atoms with van der Waals surface area (Å²) in [7, 11) is 0. The Kier molecular flexibility index (Phi) is 10.1. The van der Waals surface area contributed by atoms with Crippen molar-refractivity contribution in [2.45, 2.75) is 33.0 Å². The Morgan fingerprint density at radius 1 is 0.952 bits per heavy atom. The third-order valence-electron chi connectivity index (χ3n) is 6.68. The fourth-order valence-electron chi connectivity index (χ4n) is 4.64. The van der Waals surface area contributed by atoms with Crippen LogP contribution in [0.25, 0.3) is 10.9 Å². The van der Waals surface area contributed by atoms with Gasteiger partial charge in [-0.3, -0.25) is 4.79 Å².